The van der Waals surface area contributed by atoms with Crippen LogP contribution in [0.15, 0.2) is 18.2 Å². The highest BCUT2D eigenvalue weighted by Crippen LogP contribution is 2.26. The number of hydrogen-bond acceptors (Lipinski definition) is 3. The molecule has 0 bridgehead atoms. The fourth-order valence-corrected chi connectivity index (χ4v) is 1.83. The summed E-state index contributed by atoms with van der Waals surface area (Å²) in [6.07, 6.45) is 0.816. The molecule has 0 amide bonds. The van der Waals surface area contributed by atoms with E-state index >= 15 is 0 Å². The van der Waals surface area contributed by atoms with Gasteiger partial charge in [0.05, 0.1) is 12.2 Å². The zero-order valence-corrected chi connectivity index (χ0v) is 12.3. The highest BCUT2D eigenvalue weighted by atomic mass is 35.5. The lowest BCUT2D eigenvalue weighted by Gasteiger charge is -2.22. The first-order valence-corrected chi connectivity index (χ1v) is 6.46. The standard InChI is InChI=1S/C14H22ClNO2/c1-10(16)12-6-5-11(9-13(12)15)18-8-7-14(2,3)17-4/h5-6,9-10H,7-8,16H2,1-4H3. The SMILES string of the molecule is COC(C)(C)CCOc1ccc(C(C)N)c(Cl)c1. The lowest BCUT2D eigenvalue weighted by molar-refractivity contribution is 0.00546. The molecule has 1 aromatic rings. The molecule has 0 heterocycles. The maximum atomic E-state index is 6.14. The molecule has 18 heavy (non-hydrogen) atoms. The van der Waals surface area contributed by atoms with Crippen molar-refractivity contribution < 1.29 is 9.47 Å². The molecule has 0 fully saturated rings. The van der Waals surface area contributed by atoms with E-state index in [2.05, 4.69) is 0 Å². The molecule has 0 radical (unpaired) electrons. The van der Waals surface area contributed by atoms with Crippen LogP contribution in [0.2, 0.25) is 5.02 Å². The number of halogens is 1. The van der Waals surface area contributed by atoms with Crippen molar-refractivity contribution in [2.75, 3.05) is 13.7 Å². The lowest BCUT2D eigenvalue weighted by Crippen LogP contribution is -2.25. The van der Waals surface area contributed by atoms with E-state index in [-0.39, 0.29) is 11.6 Å². The van der Waals surface area contributed by atoms with E-state index in [0.717, 1.165) is 17.7 Å². The fraction of sp³-hybridized carbons (Fsp3) is 0.571. The largest absolute Gasteiger partial charge is 0.493 e. The Balaban J connectivity index is 2.57. The van der Waals surface area contributed by atoms with Gasteiger partial charge in [0.1, 0.15) is 5.75 Å². The Morgan fingerprint density at radius 1 is 1.39 bits per heavy atom. The van der Waals surface area contributed by atoms with Crippen LogP contribution < -0.4 is 10.5 Å². The maximum absolute atomic E-state index is 6.14. The predicted molar refractivity (Wildman–Crippen MR) is 75.3 cm³/mol. The van der Waals surface area contributed by atoms with Gasteiger partial charge in [-0.2, -0.15) is 0 Å². The first-order chi connectivity index (χ1) is 8.35. The van der Waals surface area contributed by atoms with Gasteiger partial charge in [-0.25, -0.2) is 0 Å². The van der Waals surface area contributed by atoms with Crippen LogP contribution in [-0.4, -0.2) is 19.3 Å². The first kappa shape index (κ1) is 15.3. The Bertz CT molecular complexity index is 391. The van der Waals surface area contributed by atoms with Gasteiger partial charge in [0.2, 0.25) is 0 Å². The van der Waals surface area contributed by atoms with E-state index in [4.69, 9.17) is 26.8 Å². The second kappa shape index (κ2) is 6.41. The van der Waals surface area contributed by atoms with Crippen molar-refractivity contribution in [3.8, 4) is 5.75 Å². The Kier molecular flexibility index (Phi) is 5.45. The number of nitrogens with two attached hydrogens (primary N) is 1. The minimum atomic E-state index is -0.171. The zero-order chi connectivity index (χ0) is 13.8. The summed E-state index contributed by atoms with van der Waals surface area (Å²) in [6, 6.07) is 5.53. The Hall–Kier alpha value is -0.770. The number of benzene rings is 1. The molecule has 0 saturated carbocycles. The van der Waals surface area contributed by atoms with Gasteiger partial charge in [0, 0.05) is 24.6 Å². The van der Waals surface area contributed by atoms with Crippen molar-refractivity contribution in [1.29, 1.82) is 0 Å². The van der Waals surface area contributed by atoms with Gasteiger partial charge in [-0.3, -0.25) is 0 Å². The van der Waals surface area contributed by atoms with Crippen LogP contribution in [0.25, 0.3) is 0 Å². The number of ether oxygens (including phenoxy) is 2. The molecule has 3 nitrogen and oxygen atoms in total. The molecular weight excluding hydrogens is 250 g/mol. The molecular formula is C14H22ClNO2. The first-order valence-electron chi connectivity index (χ1n) is 6.09. The molecule has 0 saturated heterocycles. The summed E-state index contributed by atoms with van der Waals surface area (Å²) in [5, 5.41) is 0.647. The van der Waals surface area contributed by atoms with Gasteiger partial charge in [0.15, 0.2) is 0 Å². The number of hydrogen-bond donors (Lipinski definition) is 1. The molecule has 1 unspecified atom stereocenters. The van der Waals surface area contributed by atoms with Crippen molar-refractivity contribution in [3.63, 3.8) is 0 Å². The summed E-state index contributed by atoms with van der Waals surface area (Å²) < 4.78 is 11.0. The summed E-state index contributed by atoms with van der Waals surface area (Å²) in [7, 11) is 1.70. The van der Waals surface area contributed by atoms with Gasteiger partial charge in [-0.05, 0) is 38.5 Å². The van der Waals surface area contributed by atoms with Gasteiger partial charge < -0.3 is 15.2 Å². The third-order valence-corrected chi connectivity index (χ3v) is 3.32. The van der Waals surface area contributed by atoms with E-state index in [0.29, 0.717) is 11.6 Å². The normalized spacial score (nSPS) is 13.4. The number of rotatable bonds is 6. The molecule has 0 aliphatic heterocycles. The van der Waals surface area contributed by atoms with Crippen molar-refractivity contribution in [3.05, 3.63) is 28.8 Å². The minimum Gasteiger partial charge on any atom is -0.493 e. The quantitative estimate of drug-likeness (QED) is 0.860. The van der Waals surface area contributed by atoms with Crippen LogP contribution in [0.1, 0.15) is 38.8 Å². The zero-order valence-electron chi connectivity index (χ0n) is 11.5. The van der Waals surface area contributed by atoms with Crippen LogP contribution in [0.4, 0.5) is 0 Å². The minimum absolute atomic E-state index is 0.0704. The average molecular weight is 272 g/mol. The fourth-order valence-electron chi connectivity index (χ4n) is 1.48. The Morgan fingerprint density at radius 3 is 2.56 bits per heavy atom. The molecule has 4 heteroatoms. The molecule has 0 aliphatic carbocycles. The smallest absolute Gasteiger partial charge is 0.120 e. The van der Waals surface area contributed by atoms with Gasteiger partial charge >= 0.3 is 0 Å². The lowest BCUT2D eigenvalue weighted by atomic mass is 10.1. The summed E-state index contributed by atoms with van der Waals surface area (Å²) in [5.41, 5.74) is 6.56. The molecule has 0 aliphatic rings. The van der Waals surface area contributed by atoms with Crippen LogP contribution >= 0.6 is 11.6 Å². The predicted octanol–water partition coefficient (Wildman–Crippen LogP) is 3.55. The van der Waals surface area contributed by atoms with Crippen molar-refractivity contribution >= 4 is 11.6 Å². The molecule has 102 valence electrons. The second-order valence-corrected chi connectivity index (χ2v) is 5.44. The highest BCUT2D eigenvalue weighted by Gasteiger charge is 2.16. The van der Waals surface area contributed by atoms with Gasteiger partial charge in [-0.1, -0.05) is 17.7 Å². The Labute approximate surface area is 114 Å². The van der Waals surface area contributed by atoms with E-state index in [1.165, 1.54) is 0 Å². The van der Waals surface area contributed by atoms with Crippen LogP contribution in [0.3, 0.4) is 0 Å². The van der Waals surface area contributed by atoms with Gasteiger partial charge in [0.25, 0.3) is 0 Å². The molecule has 0 spiro atoms. The van der Waals surface area contributed by atoms with Crippen LogP contribution in [0.5, 0.6) is 5.75 Å². The van der Waals surface area contributed by atoms with Crippen molar-refractivity contribution in [2.45, 2.75) is 38.8 Å². The summed E-state index contributed by atoms with van der Waals surface area (Å²) in [4.78, 5) is 0. The summed E-state index contributed by atoms with van der Waals surface area (Å²) in [6.45, 7) is 6.56. The van der Waals surface area contributed by atoms with Crippen LogP contribution in [-0.2, 0) is 4.74 Å². The molecule has 2 N–H and O–H groups in total. The maximum Gasteiger partial charge on any atom is 0.120 e. The average Bonchev–Trinajstić information content (AvgIpc) is 2.28. The second-order valence-electron chi connectivity index (χ2n) is 5.03. The monoisotopic (exact) mass is 271 g/mol. The van der Waals surface area contributed by atoms with E-state index in [1.54, 1.807) is 13.2 Å². The van der Waals surface area contributed by atoms with E-state index in [1.807, 2.05) is 32.9 Å². The third kappa shape index (κ3) is 4.48. The van der Waals surface area contributed by atoms with Crippen molar-refractivity contribution in [2.24, 2.45) is 5.73 Å². The molecule has 1 aromatic carbocycles. The summed E-state index contributed by atoms with van der Waals surface area (Å²) >= 11 is 6.14. The van der Waals surface area contributed by atoms with Crippen molar-refractivity contribution in [1.82, 2.24) is 0 Å². The Morgan fingerprint density at radius 2 is 2.06 bits per heavy atom. The van der Waals surface area contributed by atoms with E-state index < -0.39 is 0 Å². The van der Waals surface area contributed by atoms with Crippen LogP contribution in [0, 0.1) is 0 Å². The third-order valence-electron chi connectivity index (χ3n) is 2.99. The summed E-state index contributed by atoms with van der Waals surface area (Å²) in [5.74, 6) is 0.760. The molecule has 1 rings (SSSR count). The highest BCUT2D eigenvalue weighted by molar-refractivity contribution is 6.31. The topological polar surface area (TPSA) is 44.5 Å². The van der Waals surface area contributed by atoms with Gasteiger partial charge in [-0.15, -0.1) is 0 Å². The molecule has 1 atom stereocenters. The number of methoxy groups -OCH3 is 1. The molecule has 0 aromatic heterocycles. The van der Waals surface area contributed by atoms with E-state index in [9.17, 15) is 0 Å².